The lowest BCUT2D eigenvalue weighted by Crippen LogP contribution is -2.11. The summed E-state index contributed by atoms with van der Waals surface area (Å²) in [5.41, 5.74) is 5.99. The van der Waals surface area contributed by atoms with Crippen LogP contribution in [0.2, 0.25) is 0 Å². The van der Waals surface area contributed by atoms with E-state index in [1.165, 1.54) is 59.9 Å². The van der Waals surface area contributed by atoms with Gasteiger partial charge in [0.15, 0.2) is 0 Å². The van der Waals surface area contributed by atoms with Crippen molar-refractivity contribution in [2.75, 3.05) is 4.90 Å². The first kappa shape index (κ1) is 26.2. The fourth-order valence-electron chi connectivity index (χ4n) is 6.30. The van der Waals surface area contributed by atoms with E-state index in [9.17, 15) is 0 Å². The highest BCUT2D eigenvalue weighted by Gasteiger charge is 2.22. The maximum absolute atomic E-state index is 2.43. The zero-order valence-corrected chi connectivity index (χ0v) is 25.3. The van der Waals surface area contributed by atoms with Crippen LogP contribution in [0.25, 0.3) is 54.2 Å². The van der Waals surface area contributed by atoms with Crippen molar-refractivity contribution in [1.29, 1.82) is 0 Å². The first-order valence-electron chi connectivity index (χ1n) is 14.1. The Morgan fingerprint density at radius 3 is 1.43 bits per heavy atom. The Bertz CT molecular complexity index is 2160. The Morgan fingerprint density at radius 1 is 0.333 bits per heavy atom. The lowest BCUT2D eigenvalue weighted by Gasteiger charge is -2.29. The Labute approximate surface area is 262 Å². The Kier molecular flexibility index (Phi) is 6.85. The summed E-state index contributed by atoms with van der Waals surface area (Å²) in [5.74, 6) is 0. The first-order chi connectivity index (χ1) is 20.3. The van der Waals surface area contributed by atoms with Crippen LogP contribution in [-0.4, -0.2) is 0 Å². The number of rotatable bonds is 4. The van der Waals surface area contributed by atoms with Gasteiger partial charge in [0, 0.05) is 22.1 Å². The third-order valence-corrected chi connectivity index (χ3v) is 8.17. The standard InChI is InChI=1S/C40H27N.HI/c1-2-16-33(17-3-1)41(34-25-24-29-13-5-7-15-31(29)27-34)40-37-20-10-8-18-35(37)39(36-19-9-11-21-38(36)40)32-23-22-28-12-4-6-14-30(28)26-32;/h1-27H;1H. The Morgan fingerprint density at radius 2 is 0.810 bits per heavy atom. The second-order valence-electron chi connectivity index (χ2n) is 10.6. The van der Waals surface area contributed by atoms with Crippen molar-refractivity contribution < 1.29 is 0 Å². The number of hydrogen-bond donors (Lipinski definition) is 0. The molecule has 2 heteroatoms. The molecule has 0 aliphatic carbocycles. The van der Waals surface area contributed by atoms with Gasteiger partial charge in [0.25, 0.3) is 0 Å². The molecule has 0 aliphatic rings. The van der Waals surface area contributed by atoms with Crippen LogP contribution >= 0.6 is 24.0 Å². The van der Waals surface area contributed by atoms with Gasteiger partial charge in [-0.15, -0.1) is 24.0 Å². The van der Waals surface area contributed by atoms with Gasteiger partial charge < -0.3 is 4.90 Å². The number of fused-ring (bicyclic) bond motifs is 4. The summed E-state index contributed by atoms with van der Waals surface area (Å²) in [4.78, 5) is 2.43. The van der Waals surface area contributed by atoms with E-state index in [-0.39, 0.29) is 24.0 Å². The Balaban J connectivity index is 0.00000288. The maximum Gasteiger partial charge on any atom is 0.0618 e. The lowest BCUT2D eigenvalue weighted by atomic mass is 9.89. The van der Waals surface area contributed by atoms with Gasteiger partial charge in [-0.25, -0.2) is 0 Å². The van der Waals surface area contributed by atoms with Crippen molar-refractivity contribution in [3.8, 4) is 11.1 Å². The van der Waals surface area contributed by atoms with Gasteiger partial charge in [0.2, 0.25) is 0 Å². The van der Waals surface area contributed by atoms with E-state index in [1.54, 1.807) is 0 Å². The number of anilines is 3. The van der Waals surface area contributed by atoms with Crippen LogP contribution < -0.4 is 4.90 Å². The molecule has 0 amide bonds. The van der Waals surface area contributed by atoms with Gasteiger partial charge in [-0.2, -0.15) is 0 Å². The SMILES string of the molecule is I.c1ccc(N(c2ccc3ccccc3c2)c2c3ccccc3c(-c3ccc4ccccc4c3)c3ccccc23)cc1. The zero-order chi connectivity index (χ0) is 27.2. The summed E-state index contributed by atoms with van der Waals surface area (Å²) < 4.78 is 0. The van der Waals surface area contributed by atoms with Crippen LogP contribution in [0.5, 0.6) is 0 Å². The quantitative estimate of drug-likeness (QED) is 0.135. The predicted octanol–water partition coefficient (Wildman–Crippen LogP) is 12.1. The second-order valence-corrected chi connectivity index (χ2v) is 10.6. The smallest absolute Gasteiger partial charge is 0.0618 e. The molecular formula is C40H28IN. The molecule has 0 bridgehead atoms. The molecule has 0 atom stereocenters. The summed E-state index contributed by atoms with van der Waals surface area (Å²) in [6, 6.07) is 59.3. The van der Waals surface area contributed by atoms with E-state index >= 15 is 0 Å². The second kappa shape index (κ2) is 11.0. The largest absolute Gasteiger partial charge is 0.309 e. The first-order valence-corrected chi connectivity index (χ1v) is 14.1. The average molecular weight is 650 g/mol. The van der Waals surface area contributed by atoms with Crippen LogP contribution in [-0.2, 0) is 0 Å². The van der Waals surface area contributed by atoms with Crippen LogP contribution in [0.1, 0.15) is 0 Å². The molecule has 0 saturated carbocycles. The number of benzene rings is 8. The zero-order valence-electron chi connectivity index (χ0n) is 22.9. The fourth-order valence-corrected chi connectivity index (χ4v) is 6.30. The summed E-state index contributed by atoms with van der Waals surface area (Å²) in [6.45, 7) is 0. The number of nitrogens with zero attached hydrogens (tertiary/aromatic N) is 1. The highest BCUT2D eigenvalue weighted by atomic mass is 127. The van der Waals surface area contributed by atoms with Crippen molar-refractivity contribution in [3.63, 3.8) is 0 Å². The maximum atomic E-state index is 2.43. The molecule has 8 aromatic carbocycles. The highest BCUT2D eigenvalue weighted by molar-refractivity contribution is 14.0. The molecule has 0 spiro atoms. The molecule has 42 heavy (non-hydrogen) atoms. The van der Waals surface area contributed by atoms with Crippen molar-refractivity contribution in [2.45, 2.75) is 0 Å². The van der Waals surface area contributed by atoms with Gasteiger partial charge in [0.05, 0.1) is 5.69 Å². The minimum absolute atomic E-state index is 0. The molecule has 200 valence electrons. The van der Waals surface area contributed by atoms with Gasteiger partial charge in [-0.3, -0.25) is 0 Å². The molecule has 0 heterocycles. The van der Waals surface area contributed by atoms with Crippen LogP contribution in [0.15, 0.2) is 164 Å². The third kappa shape index (κ3) is 4.40. The molecule has 8 aromatic rings. The lowest BCUT2D eigenvalue weighted by molar-refractivity contribution is 1.32. The van der Waals surface area contributed by atoms with Gasteiger partial charge in [-0.1, -0.05) is 133 Å². The average Bonchev–Trinajstić information content (AvgIpc) is 3.05. The van der Waals surface area contributed by atoms with Crippen LogP contribution in [0.4, 0.5) is 17.1 Å². The normalized spacial score (nSPS) is 11.1. The molecule has 0 N–H and O–H groups in total. The molecule has 0 saturated heterocycles. The minimum atomic E-state index is 0. The van der Waals surface area contributed by atoms with Gasteiger partial charge in [-0.05, 0) is 73.8 Å². The molecule has 0 aromatic heterocycles. The van der Waals surface area contributed by atoms with Crippen molar-refractivity contribution in [3.05, 3.63) is 164 Å². The summed E-state index contributed by atoms with van der Waals surface area (Å²) in [7, 11) is 0. The predicted molar refractivity (Wildman–Crippen MR) is 192 cm³/mol. The van der Waals surface area contributed by atoms with E-state index in [0.29, 0.717) is 0 Å². The van der Waals surface area contributed by atoms with E-state index in [4.69, 9.17) is 0 Å². The van der Waals surface area contributed by atoms with Crippen molar-refractivity contribution in [2.24, 2.45) is 0 Å². The summed E-state index contributed by atoms with van der Waals surface area (Å²) in [5, 5.41) is 9.93. The summed E-state index contributed by atoms with van der Waals surface area (Å²) in [6.07, 6.45) is 0. The fraction of sp³-hybridized carbons (Fsp3) is 0. The monoisotopic (exact) mass is 649 g/mol. The van der Waals surface area contributed by atoms with Crippen molar-refractivity contribution in [1.82, 2.24) is 0 Å². The molecule has 0 fully saturated rings. The van der Waals surface area contributed by atoms with Crippen LogP contribution in [0, 0.1) is 0 Å². The van der Waals surface area contributed by atoms with Crippen molar-refractivity contribution >= 4 is 84.1 Å². The molecule has 0 radical (unpaired) electrons. The number of halogens is 1. The minimum Gasteiger partial charge on any atom is -0.309 e. The Hall–Kier alpha value is -4.67. The molecule has 1 nitrogen and oxygen atoms in total. The molecular weight excluding hydrogens is 621 g/mol. The van der Waals surface area contributed by atoms with Gasteiger partial charge in [0.1, 0.15) is 0 Å². The van der Waals surface area contributed by atoms with Crippen LogP contribution in [0.3, 0.4) is 0 Å². The topological polar surface area (TPSA) is 3.24 Å². The number of para-hydroxylation sites is 1. The number of hydrogen-bond acceptors (Lipinski definition) is 1. The van der Waals surface area contributed by atoms with E-state index < -0.39 is 0 Å². The highest BCUT2D eigenvalue weighted by Crippen LogP contribution is 2.48. The van der Waals surface area contributed by atoms with E-state index in [2.05, 4.69) is 169 Å². The van der Waals surface area contributed by atoms with E-state index in [1.807, 2.05) is 0 Å². The summed E-state index contributed by atoms with van der Waals surface area (Å²) >= 11 is 0. The van der Waals surface area contributed by atoms with Gasteiger partial charge >= 0.3 is 0 Å². The molecule has 0 aliphatic heterocycles. The van der Waals surface area contributed by atoms with E-state index in [0.717, 1.165) is 11.4 Å². The third-order valence-electron chi connectivity index (χ3n) is 8.17. The molecule has 0 unspecified atom stereocenters. The molecule has 8 rings (SSSR count).